The molecule has 8 nitrogen and oxygen atoms in total. The highest BCUT2D eigenvalue weighted by Crippen LogP contribution is 2.21. The Labute approximate surface area is 165 Å². The molecule has 0 spiro atoms. The Balaban J connectivity index is 1.65. The number of hydrogen-bond acceptors (Lipinski definition) is 6. The minimum Gasteiger partial charge on any atom is -0.352 e. The SMILES string of the molecule is Cc1ccc(N2CCN(S(=O)(=O)c3ccc(NC(=O)C(C)C)cc3)CC2)nn1. The molecule has 9 heteroatoms. The van der Waals surface area contributed by atoms with Gasteiger partial charge >= 0.3 is 0 Å². The molecule has 28 heavy (non-hydrogen) atoms. The Bertz CT molecular complexity index is 919. The second-order valence-electron chi connectivity index (χ2n) is 7.09. The van der Waals surface area contributed by atoms with Crippen molar-refractivity contribution in [1.29, 1.82) is 0 Å². The van der Waals surface area contributed by atoms with Crippen LogP contribution in [0.2, 0.25) is 0 Å². The molecule has 150 valence electrons. The lowest BCUT2D eigenvalue weighted by atomic mass is 10.2. The van der Waals surface area contributed by atoms with Gasteiger partial charge in [-0.1, -0.05) is 13.8 Å². The molecule has 0 unspecified atom stereocenters. The van der Waals surface area contributed by atoms with E-state index in [1.165, 1.54) is 16.4 Å². The number of aryl methyl sites for hydroxylation is 1. The van der Waals surface area contributed by atoms with Crippen LogP contribution in [0.25, 0.3) is 0 Å². The molecule has 1 saturated heterocycles. The van der Waals surface area contributed by atoms with Crippen molar-refractivity contribution in [2.45, 2.75) is 25.7 Å². The molecule has 0 radical (unpaired) electrons. The lowest BCUT2D eigenvalue weighted by molar-refractivity contribution is -0.118. The highest BCUT2D eigenvalue weighted by atomic mass is 32.2. The number of nitrogens with zero attached hydrogens (tertiary/aromatic N) is 4. The monoisotopic (exact) mass is 403 g/mol. The van der Waals surface area contributed by atoms with Crippen LogP contribution in [0.15, 0.2) is 41.3 Å². The molecule has 2 heterocycles. The average molecular weight is 404 g/mol. The fourth-order valence-electron chi connectivity index (χ4n) is 2.86. The predicted octanol–water partition coefficient (Wildman–Crippen LogP) is 1.89. The Hall–Kier alpha value is -2.52. The maximum absolute atomic E-state index is 12.9. The van der Waals surface area contributed by atoms with Gasteiger partial charge in [-0.25, -0.2) is 8.42 Å². The first-order chi connectivity index (χ1) is 13.3. The van der Waals surface area contributed by atoms with Gasteiger partial charge < -0.3 is 10.2 Å². The van der Waals surface area contributed by atoms with Gasteiger partial charge in [0.15, 0.2) is 5.82 Å². The molecular weight excluding hydrogens is 378 g/mol. The zero-order chi connectivity index (χ0) is 20.3. The van der Waals surface area contributed by atoms with Gasteiger partial charge in [0.2, 0.25) is 15.9 Å². The lowest BCUT2D eigenvalue weighted by Crippen LogP contribution is -2.49. The minimum atomic E-state index is -3.58. The summed E-state index contributed by atoms with van der Waals surface area (Å²) < 4.78 is 27.3. The third-order valence-corrected chi connectivity index (χ3v) is 6.54. The average Bonchev–Trinajstić information content (AvgIpc) is 2.69. The summed E-state index contributed by atoms with van der Waals surface area (Å²) >= 11 is 0. The Kier molecular flexibility index (Phi) is 5.95. The van der Waals surface area contributed by atoms with E-state index >= 15 is 0 Å². The summed E-state index contributed by atoms with van der Waals surface area (Å²) in [6.07, 6.45) is 0. The number of aromatic nitrogens is 2. The van der Waals surface area contributed by atoms with Crippen LogP contribution in [0.3, 0.4) is 0 Å². The van der Waals surface area contributed by atoms with Crippen molar-refractivity contribution in [2.24, 2.45) is 5.92 Å². The van der Waals surface area contributed by atoms with Crippen molar-refractivity contribution in [1.82, 2.24) is 14.5 Å². The van der Waals surface area contributed by atoms with Crippen LogP contribution in [-0.4, -0.2) is 55.0 Å². The molecule has 1 aliphatic rings. The summed E-state index contributed by atoms with van der Waals surface area (Å²) in [7, 11) is -3.58. The van der Waals surface area contributed by atoms with Gasteiger partial charge in [-0.2, -0.15) is 9.40 Å². The number of piperazine rings is 1. The van der Waals surface area contributed by atoms with E-state index in [-0.39, 0.29) is 16.7 Å². The zero-order valence-electron chi connectivity index (χ0n) is 16.3. The largest absolute Gasteiger partial charge is 0.352 e. The summed E-state index contributed by atoms with van der Waals surface area (Å²) in [6, 6.07) is 10.1. The fourth-order valence-corrected chi connectivity index (χ4v) is 4.29. The van der Waals surface area contributed by atoms with Crippen LogP contribution in [0.1, 0.15) is 19.5 Å². The number of carbonyl (C=O) groups is 1. The van der Waals surface area contributed by atoms with Crippen LogP contribution < -0.4 is 10.2 Å². The number of nitrogens with one attached hydrogen (secondary N) is 1. The Morgan fingerprint density at radius 2 is 1.64 bits per heavy atom. The number of anilines is 2. The van der Waals surface area contributed by atoms with Crippen molar-refractivity contribution < 1.29 is 13.2 Å². The second kappa shape index (κ2) is 8.24. The van der Waals surface area contributed by atoms with Gasteiger partial charge in [0.1, 0.15) is 0 Å². The molecule has 0 atom stereocenters. The number of hydrogen-bond donors (Lipinski definition) is 1. The van der Waals surface area contributed by atoms with Crippen LogP contribution in [-0.2, 0) is 14.8 Å². The van der Waals surface area contributed by atoms with E-state index in [4.69, 9.17) is 0 Å². The third kappa shape index (κ3) is 4.48. The summed E-state index contributed by atoms with van der Waals surface area (Å²) in [4.78, 5) is 14.0. The van der Waals surface area contributed by atoms with Gasteiger partial charge in [0, 0.05) is 37.8 Å². The van der Waals surface area contributed by atoms with Crippen molar-refractivity contribution >= 4 is 27.4 Å². The van der Waals surface area contributed by atoms with E-state index in [2.05, 4.69) is 15.5 Å². The molecule has 1 fully saturated rings. The molecule has 2 aromatic rings. The van der Waals surface area contributed by atoms with Crippen molar-refractivity contribution in [3.63, 3.8) is 0 Å². The molecular formula is C19H25N5O3S. The molecule has 0 bridgehead atoms. The topological polar surface area (TPSA) is 95.5 Å². The van der Waals surface area contributed by atoms with Gasteiger partial charge in [-0.3, -0.25) is 4.79 Å². The normalized spacial score (nSPS) is 15.6. The fraction of sp³-hybridized carbons (Fsp3) is 0.421. The molecule has 1 aromatic carbocycles. The number of amides is 1. The first-order valence-electron chi connectivity index (χ1n) is 9.24. The first-order valence-corrected chi connectivity index (χ1v) is 10.7. The summed E-state index contributed by atoms with van der Waals surface area (Å²) in [6.45, 7) is 7.35. The zero-order valence-corrected chi connectivity index (χ0v) is 17.1. The molecule has 3 rings (SSSR count). The summed E-state index contributed by atoms with van der Waals surface area (Å²) in [5, 5.41) is 11.0. The van der Waals surface area contributed by atoms with E-state index in [1.807, 2.05) is 24.0 Å². The number of sulfonamides is 1. The standard InChI is InChI=1S/C19H25N5O3S/c1-14(2)19(25)20-16-5-7-17(8-6-16)28(26,27)24-12-10-23(11-13-24)18-9-4-15(3)21-22-18/h4-9,14H,10-13H2,1-3H3,(H,20,25). The first kappa shape index (κ1) is 20.2. The molecule has 1 aliphatic heterocycles. The van der Waals surface area contributed by atoms with Gasteiger partial charge in [-0.15, -0.1) is 5.10 Å². The van der Waals surface area contributed by atoms with E-state index in [0.717, 1.165) is 11.5 Å². The van der Waals surface area contributed by atoms with Crippen molar-refractivity contribution in [2.75, 3.05) is 36.4 Å². The smallest absolute Gasteiger partial charge is 0.243 e. The van der Waals surface area contributed by atoms with E-state index in [0.29, 0.717) is 31.9 Å². The number of rotatable bonds is 5. The van der Waals surface area contributed by atoms with Crippen LogP contribution in [0.4, 0.5) is 11.5 Å². The number of benzene rings is 1. The molecule has 1 N–H and O–H groups in total. The van der Waals surface area contributed by atoms with Gasteiger partial charge in [-0.05, 0) is 43.3 Å². The summed E-state index contributed by atoms with van der Waals surface area (Å²) in [5.41, 5.74) is 1.43. The van der Waals surface area contributed by atoms with E-state index in [9.17, 15) is 13.2 Å². The van der Waals surface area contributed by atoms with E-state index < -0.39 is 10.0 Å². The molecule has 1 aromatic heterocycles. The number of carbonyl (C=O) groups excluding carboxylic acids is 1. The molecule has 1 amide bonds. The van der Waals surface area contributed by atoms with Crippen LogP contribution in [0.5, 0.6) is 0 Å². The maximum atomic E-state index is 12.9. The third-order valence-electron chi connectivity index (χ3n) is 4.63. The molecule has 0 aliphatic carbocycles. The minimum absolute atomic E-state index is 0.106. The van der Waals surface area contributed by atoms with Gasteiger partial charge in [0.05, 0.1) is 10.6 Å². The van der Waals surface area contributed by atoms with Crippen LogP contribution >= 0.6 is 0 Å². The van der Waals surface area contributed by atoms with Gasteiger partial charge in [0.25, 0.3) is 0 Å². The van der Waals surface area contributed by atoms with Crippen molar-refractivity contribution in [3.8, 4) is 0 Å². The Morgan fingerprint density at radius 3 is 2.18 bits per heavy atom. The quantitative estimate of drug-likeness (QED) is 0.819. The summed E-state index contributed by atoms with van der Waals surface area (Å²) in [5.74, 6) is 0.511. The van der Waals surface area contributed by atoms with Crippen molar-refractivity contribution in [3.05, 3.63) is 42.1 Å². The van der Waals surface area contributed by atoms with E-state index in [1.54, 1.807) is 26.0 Å². The maximum Gasteiger partial charge on any atom is 0.243 e. The highest BCUT2D eigenvalue weighted by Gasteiger charge is 2.29. The lowest BCUT2D eigenvalue weighted by Gasteiger charge is -2.34. The van der Waals surface area contributed by atoms with Crippen LogP contribution in [0, 0.1) is 12.8 Å². The molecule has 0 saturated carbocycles. The predicted molar refractivity (Wildman–Crippen MR) is 108 cm³/mol. The Morgan fingerprint density at radius 1 is 1.00 bits per heavy atom. The second-order valence-corrected chi connectivity index (χ2v) is 9.03. The highest BCUT2D eigenvalue weighted by molar-refractivity contribution is 7.89.